The zero-order valence-corrected chi connectivity index (χ0v) is 14.1. The lowest BCUT2D eigenvalue weighted by Gasteiger charge is -2.15. The van der Waals surface area contributed by atoms with Crippen LogP contribution in [0.3, 0.4) is 0 Å². The minimum atomic E-state index is 1.05. The SMILES string of the molecule is CC1=C(c2c(C)cc(C)cc2C)c2cccc(Br)c2C1. The molecule has 0 amide bonds. The number of allylic oxidation sites excluding steroid dienone is 1. The maximum atomic E-state index is 3.70. The fraction of sp³-hybridized carbons (Fsp3) is 0.263. The van der Waals surface area contributed by atoms with Crippen LogP contribution < -0.4 is 0 Å². The van der Waals surface area contributed by atoms with Crippen molar-refractivity contribution in [3.05, 3.63) is 73.8 Å². The van der Waals surface area contributed by atoms with Gasteiger partial charge in [0.15, 0.2) is 0 Å². The fourth-order valence-electron chi connectivity index (χ4n) is 3.48. The molecule has 2 aromatic rings. The first-order chi connectivity index (χ1) is 9.49. The fourth-order valence-corrected chi connectivity index (χ4v) is 3.98. The Balaban J connectivity index is 2.27. The van der Waals surface area contributed by atoms with Gasteiger partial charge in [-0.25, -0.2) is 0 Å². The summed E-state index contributed by atoms with van der Waals surface area (Å²) in [4.78, 5) is 0. The van der Waals surface area contributed by atoms with Crippen molar-refractivity contribution >= 4 is 21.5 Å². The van der Waals surface area contributed by atoms with Gasteiger partial charge in [-0.3, -0.25) is 0 Å². The Kier molecular flexibility index (Phi) is 3.33. The summed E-state index contributed by atoms with van der Waals surface area (Å²) in [5.74, 6) is 0. The number of benzene rings is 2. The highest BCUT2D eigenvalue weighted by atomic mass is 79.9. The van der Waals surface area contributed by atoms with Crippen molar-refractivity contribution in [1.82, 2.24) is 0 Å². The van der Waals surface area contributed by atoms with Crippen LogP contribution in [0.25, 0.3) is 5.57 Å². The van der Waals surface area contributed by atoms with Gasteiger partial charge in [0, 0.05) is 4.47 Å². The quantitative estimate of drug-likeness (QED) is 0.625. The lowest BCUT2D eigenvalue weighted by Crippen LogP contribution is -1.96. The van der Waals surface area contributed by atoms with E-state index in [1.165, 1.54) is 49.0 Å². The number of hydrogen-bond acceptors (Lipinski definition) is 0. The third-order valence-electron chi connectivity index (χ3n) is 4.18. The Labute approximate surface area is 129 Å². The van der Waals surface area contributed by atoms with E-state index in [2.05, 4.69) is 74.0 Å². The molecule has 0 atom stereocenters. The standard InChI is InChI=1S/C19H19Br/c1-11-8-12(2)18(13(3)9-11)19-14(4)10-16-15(19)6-5-7-17(16)20/h5-9H,10H2,1-4H3. The van der Waals surface area contributed by atoms with Crippen LogP contribution in [-0.2, 0) is 6.42 Å². The lowest BCUT2D eigenvalue weighted by atomic mass is 9.89. The van der Waals surface area contributed by atoms with Crippen LogP contribution in [0.4, 0.5) is 0 Å². The van der Waals surface area contributed by atoms with Crippen LogP contribution in [0, 0.1) is 20.8 Å². The molecule has 102 valence electrons. The third kappa shape index (κ3) is 2.05. The molecular formula is C19H19Br. The predicted molar refractivity (Wildman–Crippen MR) is 90.2 cm³/mol. The van der Waals surface area contributed by atoms with Gasteiger partial charge in [0.1, 0.15) is 0 Å². The number of fused-ring (bicyclic) bond motifs is 1. The Bertz CT molecular complexity index is 712. The Hall–Kier alpha value is -1.34. The highest BCUT2D eigenvalue weighted by molar-refractivity contribution is 9.10. The third-order valence-corrected chi connectivity index (χ3v) is 4.93. The first-order valence-corrected chi connectivity index (χ1v) is 7.84. The molecule has 0 saturated heterocycles. The Morgan fingerprint density at radius 1 is 0.950 bits per heavy atom. The molecule has 20 heavy (non-hydrogen) atoms. The molecule has 0 unspecified atom stereocenters. The van der Waals surface area contributed by atoms with E-state index in [1.807, 2.05) is 0 Å². The van der Waals surface area contributed by atoms with Crippen molar-refractivity contribution in [2.45, 2.75) is 34.1 Å². The smallest absolute Gasteiger partial charge is 0.0216 e. The number of halogens is 1. The van der Waals surface area contributed by atoms with Gasteiger partial charge in [0.05, 0.1) is 0 Å². The summed E-state index contributed by atoms with van der Waals surface area (Å²) in [6, 6.07) is 11.1. The lowest BCUT2D eigenvalue weighted by molar-refractivity contribution is 1.18. The van der Waals surface area contributed by atoms with Crippen molar-refractivity contribution in [3.63, 3.8) is 0 Å². The molecule has 0 bridgehead atoms. The topological polar surface area (TPSA) is 0 Å². The average molecular weight is 327 g/mol. The summed E-state index contributed by atoms with van der Waals surface area (Å²) >= 11 is 3.70. The molecular weight excluding hydrogens is 308 g/mol. The molecule has 1 aliphatic rings. The number of hydrogen-bond donors (Lipinski definition) is 0. The second kappa shape index (κ2) is 4.89. The zero-order valence-electron chi connectivity index (χ0n) is 12.5. The van der Waals surface area contributed by atoms with Gasteiger partial charge in [-0.1, -0.05) is 51.3 Å². The average Bonchev–Trinajstić information content (AvgIpc) is 2.67. The van der Waals surface area contributed by atoms with Crippen LogP contribution >= 0.6 is 15.9 Å². The van der Waals surface area contributed by atoms with Gasteiger partial charge in [-0.15, -0.1) is 0 Å². The minimum absolute atomic E-state index is 1.05. The molecule has 1 heteroatoms. The maximum Gasteiger partial charge on any atom is 0.0216 e. The van der Waals surface area contributed by atoms with Crippen molar-refractivity contribution in [2.24, 2.45) is 0 Å². The van der Waals surface area contributed by atoms with Crippen LogP contribution in [0.5, 0.6) is 0 Å². The van der Waals surface area contributed by atoms with Gasteiger partial charge in [-0.05, 0) is 73.6 Å². The first-order valence-electron chi connectivity index (χ1n) is 7.04. The van der Waals surface area contributed by atoms with Gasteiger partial charge in [0.25, 0.3) is 0 Å². The molecule has 0 spiro atoms. The van der Waals surface area contributed by atoms with E-state index in [0.717, 1.165) is 6.42 Å². The van der Waals surface area contributed by atoms with E-state index in [9.17, 15) is 0 Å². The molecule has 3 rings (SSSR count). The highest BCUT2D eigenvalue weighted by Crippen LogP contribution is 2.42. The van der Waals surface area contributed by atoms with E-state index in [4.69, 9.17) is 0 Å². The van der Waals surface area contributed by atoms with Crippen LogP contribution in [-0.4, -0.2) is 0 Å². The zero-order chi connectivity index (χ0) is 14.4. The van der Waals surface area contributed by atoms with Crippen molar-refractivity contribution < 1.29 is 0 Å². The molecule has 0 aromatic heterocycles. The van der Waals surface area contributed by atoms with E-state index in [1.54, 1.807) is 0 Å². The van der Waals surface area contributed by atoms with Crippen LogP contribution in [0.2, 0.25) is 0 Å². The van der Waals surface area contributed by atoms with Crippen LogP contribution in [0.1, 0.15) is 40.3 Å². The highest BCUT2D eigenvalue weighted by Gasteiger charge is 2.24. The van der Waals surface area contributed by atoms with E-state index >= 15 is 0 Å². The summed E-state index contributed by atoms with van der Waals surface area (Å²) in [5.41, 5.74) is 11.3. The minimum Gasteiger partial charge on any atom is -0.0605 e. The maximum absolute atomic E-state index is 3.70. The molecule has 0 fully saturated rings. The van der Waals surface area contributed by atoms with Crippen LogP contribution in [0.15, 0.2) is 40.4 Å². The molecule has 2 aromatic carbocycles. The van der Waals surface area contributed by atoms with E-state index in [0.29, 0.717) is 0 Å². The molecule has 1 aliphatic carbocycles. The van der Waals surface area contributed by atoms with Gasteiger partial charge in [0.2, 0.25) is 0 Å². The van der Waals surface area contributed by atoms with Gasteiger partial charge >= 0.3 is 0 Å². The van der Waals surface area contributed by atoms with Crippen molar-refractivity contribution in [3.8, 4) is 0 Å². The molecule has 0 radical (unpaired) electrons. The summed E-state index contributed by atoms with van der Waals surface area (Å²) in [6.07, 6.45) is 1.05. The monoisotopic (exact) mass is 326 g/mol. The Morgan fingerprint density at radius 3 is 2.25 bits per heavy atom. The molecule has 0 aliphatic heterocycles. The molecule has 0 N–H and O–H groups in total. The summed E-state index contributed by atoms with van der Waals surface area (Å²) in [5, 5.41) is 0. The normalized spacial score (nSPS) is 13.8. The number of rotatable bonds is 1. The second-order valence-electron chi connectivity index (χ2n) is 5.87. The molecule has 0 saturated carbocycles. The summed E-state index contributed by atoms with van der Waals surface area (Å²) < 4.78 is 1.23. The van der Waals surface area contributed by atoms with Gasteiger partial charge in [-0.2, -0.15) is 0 Å². The Morgan fingerprint density at radius 2 is 1.60 bits per heavy atom. The summed E-state index contributed by atoms with van der Waals surface area (Å²) in [6.45, 7) is 8.89. The molecule has 0 heterocycles. The number of aryl methyl sites for hydroxylation is 3. The van der Waals surface area contributed by atoms with Crippen molar-refractivity contribution in [1.29, 1.82) is 0 Å². The van der Waals surface area contributed by atoms with Gasteiger partial charge < -0.3 is 0 Å². The van der Waals surface area contributed by atoms with E-state index in [-0.39, 0.29) is 0 Å². The van der Waals surface area contributed by atoms with E-state index < -0.39 is 0 Å². The first kappa shape index (κ1) is 13.6. The molecule has 0 nitrogen and oxygen atoms in total. The van der Waals surface area contributed by atoms with Crippen molar-refractivity contribution in [2.75, 3.05) is 0 Å². The predicted octanol–water partition coefficient (Wildman–Crippen LogP) is 5.75. The second-order valence-corrected chi connectivity index (χ2v) is 6.73. The largest absolute Gasteiger partial charge is 0.0605 e. The summed E-state index contributed by atoms with van der Waals surface area (Å²) in [7, 11) is 0.